The van der Waals surface area contributed by atoms with E-state index in [0.29, 0.717) is 10.8 Å². The molecule has 2 N–H and O–H groups in total. The van der Waals surface area contributed by atoms with Gasteiger partial charge in [0.1, 0.15) is 0 Å². The Kier molecular flexibility index (Phi) is 4.54. The number of aromatic nitrogens is 1. The second-order valence-corrected chi connectivity index (χ2v) is 5.30. The Morgan fingerprint density at radius 1 is 1.10 bits per heavy atom. The van der Waals surface area contributed by atoms with E-state index in [4.69, 9.17) is 5.73 Å². The zero-order valence-corrected chi connectivity index (χ0v) is 11.3. The van der Waals surface area contributed by atoms with E-state index < -0.39 is 11.7 Å². The summed E-state index contributed by atoms with van der Waals surface area (Å²) >= 11 is 1.41. The Balaban J connectivity index is 1.90. The van der Waals surface area contributed by atoms with Crippen molar-refractivity contribution in [1.29, 1.82) is 0 Å². The van der Waals surface area contributed by atoms with Crippen LogP contribution in [0.5, 0.6) is 0 Å². The van der Waals surface area contributed by atoms with E-state index in [-0.39, 0.29) is 0 Å². The number of halogens is 3. The van der Waals surface area contributed by atoms with Crippen LogP contribution in [0.15, 0.2) is 47.6 Å². The minimum Gasteiger partial charge on any atom is -0.399 e. The first kappa shape index (κ1) is 14.7. The van der Waals surface area contributed by atoms with Crippen molar-refractivity contribution < 1.29 is 13.2 Å². The molecule has 0 unspecified atom stereocenters. The first-order valence-electron chi connectivity index (χ1n) is 5.96. The Bertz CT molecular complexity index is 567. The lowest BCUT2D eigenvalue weighted by molar-refractivity contribution is -0.137. The molecule has 0 aliphatic carbocycles. The monoisotopic (exact) mass is 298 g/mol. The molecule has 0 atom stereocenters. The molecule has 0 fully saturated rings. The fourth-order valence-corrected chi connectivity index (χ4v) is 2.48. The highest BCUT2D eigenvalue weighted by atomic mass is 32.2. The summed E-state index contributed by atoms with van der Waals surface area (Å²) in [6, 6.07) is 9.98. The van der Waals surface area contributed by atoms with E-state index >= 15 is 0 Å². The first-order valence-corrected chi connectivity index (χ1v) is 6.95. The van der Waals surface area contributed by atoms with Crippen LogP contribution >= 0.6 is 11.8 Å². The third kappa shape index (κ3) is 3.90. The summed E-state index contributed by atoms with van der Waals surface area (Å²) in [7, 11) is 0. The number of nitrogens with zero attached hydrogens (tertiary/aromatic N) is 1. The number of aryl methyl sites for hydroxylation is 1. The Morgan fingerprint density at radius 2 is 1.85 bits per heavy atom. The maximum atomic E-state index is 12.4. The van der Waals surface area contributed by atoms with Crippen molar-refractivity contribution in [3.63, 3.8) is 0 Å². The van der Waals surface area contributed by atoms with Gasteiger partial charge in [-0.3, -0.25) is 0 Å². The summed E-state index contributed by atoms with van der Waals surface area (Å²) in [5, 5.41) is 0.576. The highest BCUT2D eigenvalue weighted by molar-refractivity contribution is 7.99. The zero-order chi connectivity index (χ0) is 14.6. The lowest BCUT2D eigenvalue weighted by atomic mass is 10.1. The van der Waals surface area contributed by atoms with Crippen LogP contribution in [0.2, 0.25) is 0 Å². The van der Waals surface area contributed by atoms with Gasteiger partial charge in [-0.15, -0.1) is 11.8 Å². The number of pyridine rings is 1. The molecule has 106 valence electrons. The van der Waals surface area contributed by atoms with Crippen LogP contribution in [0.25, 0.3) is 0 Å². The fraction of sp³-hybridized carbons (Fsp3) is 0.214. The molecule has 1 aromatic heterocycles. The van der Waals surface area contributed by atoms with Crippen LogP contribution in [0.1, 0.15) is 11.1 Å². The number of alkyl halides is 3. The average Bonchev–Trinajstić information content (AvgIpc) is 2.40. The van der Waals surface area contributed by atoms with Gasteiger partial charge in [-0.05, 0) is 30.2 Å². The predicted molar refractivity (Wildman–Crippen MR) is 74.5 cm³/mol. The topological polar surface area (TPSA) is 38.9 Å². The number of benzene rings is 1. The number of para-hydroxylation sites is 1. The molecule has 0 amide bonds. The van der Waals surface area contributed by atoms with Gasteiger partial charge in [0.05, 0.1) is 10.6 Å². The number of nitrogen functional groups attached to an aromatic ring is 1. The maximum absolute atomic E-state index is 12.4. The second-order valence-electron chi connectivity index (χ2n) is 4.18. The van der Waals surface area contributed by atoms with E-state index in [2.05, 4.69) is 4.98 Å². The summed E-state index contributed by atoms with van der Waals surface area (Å²) < 4.78 is 37.1. The molecule has 6 heteroatoms. The van der Waals surface area contributed by atoms with Gasteiger partial charge in [-0.1, -0.05) is 18.2 Å². The molecular formula is C14H13F3N2S. The van der Waals surface area contributed by atoms with Gasteiger partial charge in [0.15, 0.2) is 0 Å². The molecule has 0 aliphatic heterocycles. The van der Waals surface area contributed by atoms with Gasteiger partial charge in [-0.25, -0.2) is 4.98 Å². The van der Waals surface area contributed by atoms with Crippen molar-refractivity contribution in [2.75, 3.05) is 11.5 Å². The molecule has 0 bridgehead atoms. The van der Waals surface area contributed by atoms with Crippen molar-refractivity contribution in [3.8, 4) is 0 Å². The number of nitrogens with two attached hydrogens (primary N) is 1. The highest BCUT2D eigenvalue weighted by Crippen LogP contribution is 2.29. The molecule has 2 nitrogen and oxygen atoms in total. The van der Waals surface area contributed by atoms with Crippen LogP contribution in [-0.2, 0) is 12.6 Å². The van der Waals surface area contributed by atoms with Crippen LogP contribution < -0.4 is 5.73 Å². The average molecular weight is 298 g/mol. The molecule has 0 saturated heterocycles. The molecule has 0 spiro atoms. The van der Waals surface area contributed by atoms with E-state index in [1.165, 1.54) is 17.8 Å². The third-order valence-electron chi connectivity index (χ3n) is 2.74. The third-order valence-corrected chi connectivity index (χ3v) is 3.69. The fourth-order valence-electron chi connectivity index (χ4n) is 1.66. The van der Waals surface area contributed by atoms with Crippen molar-refractivity contribution >= 4 is 17.4 Å². The lowest BCUT2D eigenvalue weighted by Crippen LogP contribution is -2.05. The molecule has 20 heavy (non-hydrogen) atoms. The summed E-state index contributed by atoms with van der Waals surface area (Å²) in [6.45, 7) is 0. The van der Waals surface area contributed by atoms with Gasteiger partial charge in [0.25, 0.3) is 0 Å². The largest absolute Gasteiger partial charge is 0.417 e. The minimum absolute atomic E-state index is 0.576. The normalized spacial score (nSPS) is 11.6. The van der Waals surface area contributed by atoms with Crippen LogP contribution in [-0.4, -0.2) is 10.7 Å². The standard InChI is InChI=1S/C14H13F3N2S/c15-14(16,17)11-5-6-13(19-9-11)20-8-7-10-3-1-2-4-12(10)18/h1-6,9H,7-8,18H2. The van der Waals surface area contributed by atoms with Gasteiger partial charge < -0.3 is 5.73 Å². The van der Waals surface area contributed by atoms with E-state index in [1.54, 1.807) is 0 Å². The van der Waals surface area contributed by atoms with Crippen molar-refractivity contribution in [2.24, 2.45) is 0 Å². The zero-order valence-electron chi connectivity index (χ0n) is 10.5. The molecular weight excluding hydrogens is 285 g/mol. The van der Waals surface area contributed by atoms with Gasteiger partial charge in [0, 0.05) is 17.6 Å². The molecule has 0 saturated carbocycles. The van der Waals surface area contributed by atoms with Crippen LogP contribution in [0.4, 0.5) is 18.9 Å². The van der Waals surface area contributed by atoms with Gasteiger partial charge in [-0.2, -0.15) is 13.2 Å². The predicted octanol–water partition coefficient (Wildman–Crippen LogP) is 4.02. The van der Waals surface area contributed by atoms with E-state index in [1.807, 2.05) is 24.3 Å². The Morgan fingerprint density at radius 3 is 2.45 bits per heavy atom. The quantitative estimate of drug-likeness (QED) is 0.684. The number of anilines is 1. The molecule has 2 rings (SSSR count). The molecule has 0 radical (unpaired) electrons. The molecule has 1 aromatic carbocycles. The second kappa shape index (κ2) is 6.17. The summed E-state index contributed by atoms with van der Waals surface area (Å²) in [5.74, 6) is 0.715. The first-order chi connectivity index (χ1) is 9.47. The smallest absolute Gasteiger partial charge is 0.399 e. The number of hydrogen-bond acceptors (Lipinski definition) is 3. The lowest BCUT2D eigenvalue weighted by Gasteiger charge is -2.07. The van der Waals surface area contributed by atoms with Crippen LogP contribution in [0, 0.1) is 0 Å². The number of thioether (sulfide) groups is 1. The highest BCUT2D eigenvalue weighted by Gasteiger charge is 2.30. The number of rotatable bonds is 4. The van der Waals surface area contributed by atoms with Gasteiger partial charge >= 0.3 is 6.18 Å². The Labute approximate surface area is 119 Å². The van der Waals surface area contributed by atoms with Crippen LogP contribution in [0.3, 0.4) is 0 Å². The summed E-state index contributed by atoms with van der Waals surface area (Å²) in [4.78, 5) is 3.81. The van der Waals surface area contributed by atoms with Crippen molar-refractivity contribution in [1.82, 2.24) is 4.98 Å². The molecule has 0 aliphatic rings. The van der Waals surface area contributed by atoms with Gasteiger partial charge in [0.2, 0.25) is 0 Å². The van der Waals surface area contributed by atoms with Crippen molar-refractivity contribution in [2.45, 2.75) is 17.6 Å². The molecule has 2 aromatic rings. The van der Waals surface area contributed by atoms with E-state index in [9.17, 15) is 13.2 Å². The maximum Gasteiger partial charge on any atom is 0.417 e. The summed E-state index contributed by atoms with van der Waals surface area (Å²) in [6.07, 6.45) is -2.73. The molecule has 1 heterocycles. The summed E-state index contributed by atoms with van der Waals surface area (Å²) in [5.41, 5.74) is 6.85. The minimum atomic E-state index is -4.34. The Hall–Kier alpha value is -1.69. The number of hydrogen-bond donors (Lipinski definition) is 1. The SMILES string of the molecule is Nc1ccccc1CCSc1ccc(C(F)(F)F)cn1. The van der Waals surface area contributed by atoms with E-state index in [0.717, 1.165) is 29.9 Å². The van der Waals surface area contributed by atoms with Crippen molar-refractivity contribution in [3.05, 3.63) is 53.7 Å².